The molecule has 3 aliphatic heterocycles. The van der Waals surface area contributed by atoms with Gasteiger partial charge in [-0.1, -0.05) is 12.5 Å². The van der Waals surface area contributed by atoms with Crippen LogP contribution < -0.4 is 9.47 Å². The van der Waals surface area contributed by atoms with Crippen molar-refractivity contribution in [3.05, 3.63) is 23.8 Å². The van der Waals surface area contributed by atoms with Gasteiger partial charge in [0.1, 0.15) is 6.10 Å². The minimum Gasteiger partial charge on any atom is -0.493 e. The summed E-state index contributed by atoms with van der Waals surface area (Å²) in [4.78, 5) is 0. The van der Waals surface area contributed by atoms with Gasteiger partial charge in [0.25, 0.3) is 0 Å². The van der Waals surface area contributed by atoms with Crippen LogP contribution in [0.25, 0.3) is 0 Å². The summed E-state index contributed by atoms with van der Waals surface area (Å²) >= 11 is 0. The molecule has 0 unspecified atom stereocenters. The third-order valence-electron chi connectivity index (χ3n) is 6.61. The number of benzene rings is 1. The monoisotopic (exact) mass is 406 g/mol. The Balaban J connectivity index is 1.94. The minimum absolute atomic E-state index is 0.379. The highest BCUT2D eigenvalue weighted by Gasteiger charge is 2.80. The molecule has 1 aromatic rings. The first-order valence-corrected chi connectivity index (χ1v) is 9.99. The lowest BCUT2D eigenvalue weighted by Gasteiger charge is -2.63. The molecule has 4 aliphatic rings. The van der Waals surface area contributed by atoms with Crippen LogP contribution in [0.3, 0.4) is 0 Å². The molecule has 0 amide bonds. The van der Waals surface area contributed by atoms with E-state index >= 15 is 0 Å². The van der Waals surface area contributed by atoms with Crippen LogP contribution in [0.15, 0.2) is 18.2 Å². The van der Waals surface area contributed by atoms with Gasteiger partial charge in [0.15, 0.2) is 22.3 Å². The number of rotatable bonds is 4. The Morgan fingerprint density at radius 2 is 1.93 bits per heavy atom. The van der Waals surface area contributed by atoms with Gasteiger partial charge in [-0.15, -0.1) is 0 Å². The second-order valence-corrected chi connectivity index (χ2v) is 7.83. The van der Waals surface area contributed by atoms with Crippen molar-refractivity contribution in [1.29, 1.82) is 21.2 Å². The Labute approximate surface area is 175 Å². The molecule has 4 atom stereocenters. The molecular weight excluding hydrogens is 384 g/mol. The summed E-state index contributed by atoms with van der Waals surface area (Å²) in [6, 6.07) is 11.5. The minimum atomic E-state index is -1.89. The lowest BCUT2D eigenvalue weighted by Crippen LogP contribution is -2.73. The number of hydrogen-bond donors (Lipinski definition) is 1. The number of hydrogen-bond acceptors (Lipinski definition) is 8. The molecule has 0 radical (unpaired) electrons. The lowest BCUT2D eigenvalue weighted by molar-refractivity contribution is -0.360. The predicted molar refractivity (Wildman–Crippen MR) is 103 cm³/mol. The first-order chi connectivity index (χ1) is 14.5. The number of nitrogens with one attached hydrogen (secondary N) is 1. The average molecular weight is 406 g/mol. The fourth-order valence-corrected chi connectivity index (χ4v) is 5.26. The quantitative estimate of drug-likeness (QED) is 0.807. The second kappa shape index (κ2) is 6.90. The Morgan fingerprint density at radius 1 is 1.17 bits per heavy atom. The van der Waals surface area contributed by atoms with Crippen molar-refractivity contribution in [2.24, 2.45) is 16.7 Å². The van der Waals surface area contributed by atoms with Gasteiger partial charge in [-0.3, -0.25) is 5.41 Å². The zero-order chi connectivity index (χ0) is 21.6. The second-order valence-electron chi connectivity index (χ2n) is 7.83. The van der Waals surface area contributed by atoms with Crippen molar-refractivity contribution in [1.82, 2.24) is 0 Å². The van der Waals surface area contributed by atoms with Crippen molar-refractivity contribution in [3.8, 4) is 29.7 Å². The van der Waals surface area contributed by atoms with E-state index in [1.54, 1.807) is 18.2 Å². The van der Waals surface area contributed by atoms with E-state index in [0.29, 0.717) is 36.5 Å². The third-order valence-corrected chi connectivity index (χ3v) is 6.61. The zero-order valence-corrected chi connectivity index (χ0v) is 16.9. The first-order valence-electron chi connectivity index (χ1n) is 9.99. The van der Waals surface area contributed by atoms with Crippen LogP contribution in [0.5, 0.6) is 11.5 Å². The number of fused-ring (bicyclic) bond motifs is 2. The highest BCUT2D eigenvalue weighted by molar-refractivity contribution is 5.89. The largest absolute Gasteiger partial charge is 0.493 e. The number of methoxy groups -OCH3 is 1. The van der Waals surface area contributed by atoms with Gasteiger partial charge in [-0.2, -0.15) is 15.8 Å². The van der Waals surface area contributed by atoms with Gasteiger partial charge in [0.2, 0.25) is 11.7 Å². The molecule has 0 aromatic heterocycles. The molecule has 8 heteroatoms. The van der Waals surface area contributed by atoms with Crippen LogP contribution in [-0.4, -0.2) is 25.4 Å². The fourth-order valence-electron chi connectivity index (χ4n) is 5.26. The molecule has 1 spiro atoms. The van der Waals surface area contributed by atoms with E-state index in [1.807, 2.05) is 6.92 Å². The van der Waals surface area contributed by atoms with Gasteiger partial charge in [-0.05, 0) is 37.5 Å². The molecule has 1 aromatic carbocycles. The van der Waals surface area contributed by atoms with Crippen LogP contribution in [0.4, 0.5) is 0 Å². The molecule has 1 saturated carbocycles. The molecule has 3 heterocycles. The molecule has 1 N–H and O–H groups in total. The van der Waals surface area contributed by atoms with Gasteiger partial charge in [0.05, 0.1) is 37.8 Å². The number of nitrogens with zero attached hydrogens (tertiary/aromatic N) is 3. The fraction of sp³-hybridized carbons (Fsp3) is 0.545. The molecule has 8 nitrogen and oxygen atoms in total. The Kier molecular flexibility index (Phi) is 4.60. The van der Waals surface area contributed by atoms with Gasteiger partial charge >= 0.3 is 0 Å². The maximum atomic E-state index is 10.3. The molecular formula is C22H22N4O4. The van der Waals surface area contributed by atoms with E-state index in [0.717, 1.165) is 12.8 Å². The van der Waals surface area contributed by atoms with Crippen molar-refractivity contribution >= 4 is 5.90 Å². The lowest BCUT2D eigenvalue weighted by atomic mass is 9.48. The van der Waals surface area contributed by atoms with Gasteiger partial charge < -0.3 is 18.9 Å². The zero-order valence-electron chi connectivity index (χ0n) is 16.9. The highest BCUT2D eigenvalue weighted by atomic mass is 16.7. The van der Waals surface area contributed by atoms with Crippen molar-refractivity contribution in [2.45, 2.75) is 44.5 Å². The average Bonchev–Trinajstić information content (AvgIpc) is 2.77. The normalized spacial score (nSPS) is 33.2. The highest BCUT2D eigenvalue weighted by Crippen LogP contribution is 2.69. The molecule has 30 heavy (non-hydrogen) atoms. The van der Waals surface area contributed by atoms with Crippen molar-refractivity contribution in [2.75, 3.05) is 13.7 Å². The van der Waals surface area contributed by atoms with E-state index in [1.165, 1.54) is 7.11 Å². The van der Waals surface area contributed by atoms with Crippen LogP contribution in [-0.2, 0) is 9.47 Å². The topological polar surface area (TPSA) is 132 Å². The predicted octanol–water partition coefficient (Wildman–Crippen LogP) is 3.60. The molecule has 5 rings (SSSR count). The van der Waals surface area contributed by atoms with Crippen LogP contribution >= 0.6 is 0 Å². The SMILES string of the molecule is CCOc1ccc([C@H]2O[C@@]34CCCC[C@@H]3C(C#N)(C#N)[C@@]2(C#N)C(=N)O4)cc1OC. The smallest absolute Gasteiger partial charge is 0.218 e. The summed E-state index contributed by atoms with van der Waals surface area (Å²) in [5.74, 6) is -1.28. The molecule has 154 valence electrons. The Bertz CT molecular complexity index is 1010. The summed E-state index contributed by atoms with van der Waals surface area (Å²) in [5, 5.41) is 39.4. The van der Waals surface area contributed by atoms with E-state index in [-0.39, 0.29) is 5.90 Å². The number of nitriles is 3. The summed E-state index contributed by atoms with van der Waals surface area (Å²) in [7, 11) is 1.51. The van der Waals surface area contributed by atoms with Gasteiger partial charge in [-0.25, -0.2) is 0 Å². The standard InChI is InChI=1S/C22H22N4O4/c1-3-28-15-8-7-14(10-16(15)27-2)18-21(13-25)19(26)30-22(29-18)9-5-4-6-17(22)20(21,11-23)12-24/h7-8,10,17-18,26H,3-6,9H2,1-2H3/t17-,18-,21-,22-/m1/s1. The van der Waals surface area contributed by atoms with Crippen LogP contribution in [0.2, 0.25) is 0 Å². The van der Waals surface area contributed by atoms with Crippen molar-refractivity contribution in [3.63, 3.8) is 0 Å². The summed E-state index contributed by atoms with van der Waals surface area (Å²) in [5.41, 5.74) is -3.12. The summed E-state index contributed by atoms with van der Waals surface area (Å²) in [6.07, 6.45) is 1.55. The maximum Gasteiger partial charge on any atom is 0.218 e. The summed E-state index contributed by atoms with van der Waals surface area (Å²) in [6.45, 7) is 2.31. The number of ether oxygens (including phenoxy) is 4. The van der Waals surface area contributed by atoms with Gasteiger partial charge in [0, 0.05) is 6.42 Å². The van der Waals surface area contributed by atoms with Crippen molar-refractivity contribution < 1.29 is 18.9 Å². The molecule has 1 aliphatic carbocycles. The van der Waals surface area contributed by atoms with Crippen LogP contribution in [0, 0.1) is 56.2 Å². The Morgan fingerprint density at radius 3 is 2.57 bits per heavy atom. The van der Waals surface area contributed by atoms with Crippen LogP contribution in [0.1, 0.15) is 44.3 Å². The van der Waals surface area contributed by atoms with E-state index in [9.17, 15) is 15.8 Å². The first kappa shape index (κ1) is 20.0. The Hall–Kier alpha value is -3.28. The van der Waals surface area contributed by atoms with E-state index in [4.69, 9.17) is 24.4 Å². The third kappa shape index (κ3) is 2.24. The maximum absolute atomic E-state index is 10.3. The van der Waals surface area contributed by atoms with E-state index in [2.05, 4.69) is 18.2 Å². The molecule has 4 fully saturated rings. The van der Waals surface area contributed by atoms with E-state index < -0.39 is 28.6 Å². The molecule has 2 bridgehead atoms. The summed E-state index contributed by atoms with van der Waals surface area (Å²) < 4.78 is 23.3. The molecule has 3 saturated heterocycles.